The van der Waals surface area contributed by atoms with Crippen molar-refractivity contribution in [3.8, 4) is 17.2 Å². The summed E-state index contributed by atoms with van der Waals surface area (Å²) in [4.78, 5) is 13.9. The fourth-order valence-corrected chi connectivity index (χ4v) is 3.07. The van der Waals surface area contributed by atoms with Crippen LogP contribution in [-0.4, -0.2) is 33.2 Å². The number of nitrogens with zero attached hydrogens (tertiary/aromatic N) is 3. The zero-order valence-corrected chi connectivity index (χ0v) is 16.7. The smallest absolute Gasteiger partial charge is 0.311 e. The number of hydrogen-bond acceptors (Lipinski definition) is 5. The largest absolute Gasteiger partial charge is 0.505 e. The maximum absolute atomic E-state index is 12.5. The number of amides is 1. The van der Waals surface area contributed by atoms with E-state index in [0.29, 0.717) is 15.6 Å². The number of carbonyl (C=O) groups is 1. The van der Waals surface area contributed by atoms with E-state index in [1.165, 1.54) is 17.0 Å². The van der Waals surface area contributed by atoms with E-state index < -0.39 is 5.91 Å². The molecule has 0 radical (unpaired) electrons. The summed E-state index contributed by atoms with van der Waals surface area (Å²) in [5.41, 5.74) is 1.17. The van der Waals surface area contributed by atoms with Crippen molar-refractivity contribution in [2.75, 3.05) is 7.05 Å². The van der Waals surface area contributed by atoms with Crippen molar-refractivity contribution in [2.45, 2.75) is 6.54 Å². The normalized spacial score (nSPS) is 10.9. The van der Waals surface area contributed by atoms with Gasteiger partial charge in [-0.25, -0.2) is 0 Å². The lowest BCUT2D eigenvalue weighted by Gasteiger charge is -2.15. The van der Waals surface area contributed by atoms with Gasteiger partial charge in [-0.3, -0.25) is 4.79 Å². The molecule has 0 saturated heterocycles. The summed E-state index contributed by atoms with van der Waals surface area (Å²) in [6.07, 6.45) is 0. The number of aromatic nitrogens is 2. The van der Waals surface area contributed by atoms with Crippen LogP contribution in [-0.2, 0) is 6.54 Å². The number of hydrogen-bond donors (Lipinski definition) is 1. The number of benzene rings is 2. The number of carbonyl (C=O) groups excluding carboxylic acids is 1. The van der Waals surface area contributed by atoms with Gasteiger partial charge in [0.25, 0.3) is 0 Å². The first-order valence-corrected chi connectivity index (χ1v) is 8.98. The van der Waals surface area contributed by atoms with Crippen molar-refractivity contribution in [2.24, 2.45) is 0 Å². The molecule has 0 spiro atoms. The van der Waals surface area contributed by atoms with Gasteiger partial charge >= 0.3 is 11.8 Å². The predicted octanol–water partition coefficient (Wildman–Crippen LogP) is 5.33. The standard InChI is InChI=1S/C17H11Cl4N3O3/c1-24(7-8-2-3-10(18)11(19)4-8)17(26)16-23-22-15(27-16)9-5-12(20)14(25)13(21)6-9/h2-6,25H,7H2,1H3. The van der Waals surface area contributed by atoms with Gasteiger partial charge < -0.3 is 14.4 Å². The van der Waals surface area contributed by atoms with Gasteiger partial charge in [0.1, 0.15) is 0 Å². The van der Waals surface area contributed by atoms with Crippen LogP contribution in [0, 0.1) is 0 Å². The second-order valence-electron chi connectivity index (χ2n) is 5.61. The highest BCUT2D eigenvalue weighted by Gasteiger charge is 2.21. The van der Waals surface area contributed by atoms with E-state index in [9.17, 15) is 9.90 Å². The van der Waals surface area contributed by atoms with E-state index in [1.807, 2.05) is 0 Å². The minimum atomic E-state index is -0.476. The van der Waals surface area contributed by atoms with Crippen LogP contribution in [0.3, 0.4) is 0 Å². The Morgan fingerprint density at radius 2 is 1.70 bits per heavy atom. The second kappa shape index (κ2) is 7.94. The zero-order valence-electron chi connectivity index (χ0n) is 13.7. The van der Waals surface area contributed by atoms with Crippen molar-refractivity contribution in [1.82, 2.24) is 15.1 Å². The summed E-state index contributed by atoms with van der Waals surface area (Å²) in [6, 6.07) is 7.90. The highest BCUT2D eigenvalue weighted by atomic mass is 35.5. The van der Waals surface area contributed by atoms with Crippen LogP contribution in [0.4, 0.5) is 0 Å². The summed E-state index contributed by atoms with van der Waals surface area (Å²) in [6.45, 7) is 0.268. The Hall–Kier alpha value is -1.99. The monoisotopic (exact) mass is 445 g/mol. The molecule has 10 heteroatoms. The van der Waals surface area contributed by atoms with Crippen LogP contribution in [0.5, 0.6) is 5.75 Å². The topological polar surface area (TPSA) is 79.5 Å². The molecule has 1 amide bonds. The quantitative estimate of drug-likeness (QED) is 0.585. The van der Waals surface area contributed by atoms with Crippen LogP contribution in [0.25, 0.3) is 11.5 Å². The van der Waals surface area contributed by atoms with E-state index >= 15 is 0 Å². The maximum Gasteiger partial charge on any atom is 0.311 e. The molecule has 6 nitrogen and oxygen atoms in total. The molecule has 0 aliphatic carbocycles. The average Bonchev–Trinajstić information content (AvgIpc) is 3.11. The lowest BCUT2D eigenvalue weighted by Crippen LogP contribution is -2.26. The third kappa shape index (κ3) is 4.30. The lowest BCUT2D eigenvalue weighted by atomic mass is 10.2. The molecule has 1 aromatic heterocycles. The molecule has 1 heterocycles. The Morgan fingerprint density at radius 3 is 2.33 bits per heavy atom. The van der Waals surface area contributed by atoms with Gasteiger partial charge in [-0.1, -0.05) is 52.5 Å². The minimum absolute atomic E-state index is 0.0281. The van der Waals surface area contributed by atoms with Crippen molar-refractivity contribution in [3.05, 3.63) is 61.9 Å². The van der Waals surface area contributed by atoms with Crippen molar-refractivity contribution >= 4 is 52.3 Å². The Labute approximate surface area is 174 Å². The lowest BCUT2D eigenvalue weighted by molar-refractivity contribution is 0.0746. The molecule has 2 aromatic carbocycles. The predicted molar refractivity (Wildman–Crippen MR) is 104 cm³/mol. The molecule has 0 fully saturated rings. The fraction of sp³-hybridized carbons (Fsp3) is 0.118. The van der Waals surface area contributed by atoms with Gasteiger partial charge in [-0.15, -0.1) is 10.2 Å². The Bertz CT molecular complexity index is 999. The number of aromatic hydroxyl groups is 1. The first kappa shape index (κ1) is 19.8. The second-order valence-corrected chi connectivity index (χ2v) is 7.24. The molecule has 140 valence electrons. The molecule has 0 atom stereocenters. The number of rotatable bonds is 4. The van der Waals surface area contributed by atoms with Gasteiger partial charge in [0.05, 0.1) is 20.1 Å². The summed E-state index contributed by atoms with van der Waals surface area (Å²) < 4.78 is 5.42. The van der Waals surface area contributed by atoms with Crippen molar-refractivity contribution in [1.29, 1.82) is 0 Å². The van der Waals surface area contributed by atoms with Crippen LogP contribution >= 0.6 is 46.4 Å². The maximum atomic E-state index is 12.5. The Morgan fingerprint density at radius 1 is 1.04 bits per heavy atom. The van der Waals surface area contributed by atoms with Crippen LogP contribution in [0.2, 0.25) is 20.1 Å². The van der Waals surface area contributed by atoms with Gasteiger partial charge in [0.2, 0.25) is 5.89 Å². The third-order valence-corrected chi connectivity index (χ3v) is 4.94. The van der Waals surface area contributed by atoms with Crippen molar-refractivity contribution in [3.63, 3.8) is 0 Å². The number of phenols is 1. The molecule has 0 unspecified atom stereocenters. The zero-order chi connectivity index (χ0) is 19.7. The van der Waals surface area contributed by atoms with Gasteiger partial charge in [0.15, 0.2) is 5.75 Å². The molecule has 0 aliphatic rings. The molecule has 3 rings (SSSR count). The van der Waals surface area contributed by atoms with Crippen molar-refractivity contribution < 1.29 is 14.3 Å². The van der Waals surface area contributed by atoms with Gasteiger partial charge in [0, 0.05) is 19.2 Å². The number of phenolic OH excluding ortho intramolecular Hbond substituents is 1. The van der Waals surface area contributed by atoms with Gasteiger partial charge in [-0.2, -0.15) is 0 Å². The Kier molecular flexibility index (Phi) is 5.81. The first-order chi connectivity index (χ1) is 12.8. The average molecular weight is 447 g/mol. The summed E-state index contributed by atoms with van der Waals surface area (Å²) in [5, 5.41) is 18.1. The fourth-order valence-electron chi connectivity index (χ4n) is 2.26. The molecule has 0 bridgehead atoms. The summed E-state index contributed by atoms with van der Waals surface area (Å²) in [5.74, 6) is -0.881. The highest BCUT2D eigenvalue weighted by molar-refractivity contribution is 6.42. The van der Waals surface area contributed by atoms with E-state index in [0.717, 1.165) is 5.56 Å². The summed E-state index contributed by atoms with van der Waals surface area (Å²) in [7, 11) is 1.59. The molecular formula is C17H11Cl4N3O3. The van der Waals surface area contributed by atoms with E-state index in [2.05, 4.69) is 10.2 Å². The molecule has 0 saturated carbocycles. The minimum Gasteiger partial charge on any atom is -0.505 e. The van der Waals surface area contributed by atoms with Crippen LogP contribution in [0.1, 0.15) is 16.2 Å². The highest BCUT2D eigenvalue weighted by Crippen LogP contribution is 2.36. The van der Waals surface area contributed by atoms with E-state index in [1.54, 1.807) is 25.2 Å². The molecule has 3 aromatic rings. The van der Waals surface area contributed by atoms with E-state index in [4.69, 9.17) is 50.8 Å². The van der Waals surface area contributed by atoms with Crippen LogP contribution in [0.15, 0.2) is 34.7 Å². The SMILES string of the molecule is CN(Cc1ccc(Cl)c(Cl)c1)C(=O)c1nnc(-c2cc(Cl)c(O)c(Cl)c2)o1. The molecule has 1 N–H and O–H groups in total. The number of halogens is 4. The first-order valence-electron chi connectivity index (χ1n) is 7.47. The van der Waals surface area contributed by atoms with Gasteiger partial charge in [-0.05, 0) is 29.8 Å². The van der Waals surface area contributed by atoms with Crippen LogP contribution < -0.4 is 0 Å². The molecule has 27 heavy (non-hydrogen) atoms. The Balaban J connectivity index is 1.79. The molecule has 0 aliphatic heterocycles. The summed E-state index contributed by atoms with van der Waals surface area (Å²) >= 11 is 23.6. The third-order valence-electron chi connectivity index (χ3n) is 3.62. The van der Waals surface area contributed by atoms with E-state index in [-0.39, 0.29) is 34.1 Å². The molecular weight excluding hydrogens is 436 g/mol.